The minimum atomic E-state index is -3.90. The molecule has 0 radical (unpaired) electrons. The summed E-state index contributed by atoms with van der Waals surface area (Å²) in [6, 6.07) is 0. The zero-order valence-corrected chi connectivity index (χ0v) is 64.3. The number of carboxylic acids is 3. The van der Waals surface area contributed by atoms with E-state index in [1.807, 2.05) is 13.1 Å². The number of carbonyl (C=O) groups excluding carboxylic acids is 4. The highest BCUT2D eigenvalue weighted by molar-refractivity contribution is 7.45. The van der Waals surface area contributed by atoms with Crippen LogP contribution in [-0.4, -0.2) is 224 Å². The fraction of sp³-hybridized carbons (Fsp3) is 0.712. The molecule has 94 heavy (non-hydrogen) atoms. The summed E-state index contributed by atoms with van der Waals surface area (Å²) in [7, 11) is 10.6. The fourth-order valence-electron chi connectivity index (χ4n) is 8.05. The van der Waals surface area contributed by atoms with Crippen molar-refractivity contribution >= 4 is 32.2 Å². The Hall–Kier alpha value is -5.82. The van der Waals surface area contributed by atoms with Crippen LogP contribution in [0.3, 0.4) is 0 Å². The van der Waals surface area contributed by atoms with Crippen molar-refractivity contribution < 1.29 is 92.0 Å². The van der Waals surface area contributed by atoms with Crippen molar-refractivity contribution in [2.45, 2.75) is 167 Å². The van der Waals surface area contributed by atoms with Crippen LogP contribution < -0.4 is 54.7 Å². The predicted molar refractivity (Wildman–Crippen MR) is 364 cm³/mol. The first-order chi connectivity index (χ1) is 43.4. The van der Waals surface area contributed by atoms with Crippen LogP contribution in [0.1, 0.15) is 160 Å². The second-order valence-electron chi connectivity index (χ2n) is 22.1. The molecule has 0 bridgehead atoms. The Balaban J connectivity index is -0.000000146. The van der Waals surface area contributed by atoms with Crippen LogP contribution in [0.25, 0.3) is 0 Å². The third kappa shape index (κ3) is 75.2. The van der Waals surface area contributed by atoms with Crippen LogP contribution >= 0.6 is 7.82 Å². The first-order valence-corrected chi connectivity index (χ1v) is 34.0. The minimum Gasteiger partial charge on any atom is -1.00 e. The Morgan fingerprint density at radius 1 is 0.511 bits per heavy atom. The molecule has 25 nitrogen and oxygen atoms in total. The molecule has 0 saturated heterocycles. The number of nitrogens with zero attached hydrogens (tertiary/aromatic N) is 13. The summed E-state index contributed by atoms with van der Waals surface area (Å²) in [5.41, 5.74) is 0. The Kier molecular flexibility index (Phi) is 79.3. The summed E-state index contributed by atoms with van der Waals surface area (Å²) in [6.45, 7) is 43.9. The second kappa shape index (κ2) is 71.5. The van der Waals surface area contributed by atoms with E-state index >= 15 is 0 Å². The highest BCUT2D eigenvalue weighted by Gasteiger charge is 2.24. The highest BCUT2D eigenvalue weighted by Crippen LogP contribution is 2.34. The fourth-order valence-corrected chi connectivity index (χ4v) is 8.19. The zero-order chi connectivity index (χ0) is 71.8. The number of aryl methyl sites for hydroxylation is 2. The maximum atomic E-state index is 9.95. The average Bonchev–Trinajstić information content (AvgIpc) is 1.62. The van der Waals surface area contributed by atoms with Crippen molar-refractivity contribution in [1.29, 1.82) is 0 Å². The molecule has 5 aliphatic rings. The van der Waals surface area contributed by atoms with Gasteiger partial charge in [0.1, 0.15) is 12.4 Å². The largest absolute Gasteiger partial charge is 1.00 e. The molecule has 6 rings (SSSR count). The highest BCUT2D eigenvalue weighted by atomic mass is 35.5. The quantitative estimate of drug-likeness (QED) is 0.0369. The van der Waals surface area contributed by atoms with Crippen LogP contribution in [0.2, 0.25) is 0 Å². The van der Waals surface area contributed by atoms with Crippen LogP contribution in [0, 0.1) is 0 Å². The van der Waals surface area contributed by atoms with Gasteiger partial charge >= 0.3 is 0 Å². The molecule has 0 amide bonds. The number of imidazole rings is 1. The number of aromatic nitrogens is 2. The molecular formula is C66H131Cl2N13O12P-5. The molecule has 0 unspecified atom stereocenters. The van der Waals surface area contributed by atoms with Gasteiger partial charge in [0.15, 0.2) is 0 Å². The number of phosphoric acid groups is 1. The molecule has 28 heteroatoms. The summed E-state index contributed by atoms with van der Waals surface area (Å²) in [4.78, 5) is 66.9. The molecular weight excluding hydrogens is 1270 g/mol. The molecule has 0 saturated carbocycles. The van der Waals surface area contributed by atoms with Gasteiger partial charge in [-0.25, -0.2) is 9.13 Å². The van der Waals surface area contributed by atoms with Gasteiger partial charge in [0.25, 0.3) is 7.82 Å². The monoisotopic (exact) mass is 1400 g/mol. The zero-order valence-electron chi connectivity index (χ0n) is 61.9. The van der Waals surface area contributed by atoms with Gasteiger partial charge in [-0.2, -0.15) is 0 Å². The number of halogens is 2. The van der Waals surface area contributed by atoms with Crippen LogP contribution in [-0.2, 0) is 46.4 Å². The van der Waals surface area contributed by atoms with E-state index in [9.17, 15) is 9.46 Å². The molecule has 0 atom stereocenters. The molecule has 0 N–H and O–H groups in total. The number of carbonyl (C=O) groups is 4. The van der Waals surface area contributed by atoms with Crippen LogP contribution in [0.4, 0.5) is 0 Å². The lowest BCUT2D eigenvalue weighted by Gasteiger charge is -2.39. The molecule has 6 heterocycles. The second-order valence-corrected chi connectivity index (χ2v) is 23.8. The van der Waals surface area contributed by atoms with Gasteiger partial charge in [0, 0.05) is 169 Å². The topological polar surface area (TPSA) is 260 Å². The third-order valence-corrected chi connectivity index (χ3v) is 13.9. The number of quaternary nitrogens is 1. The Labute approximate surface area is 583 Å². The molecule has 0 aliphatic carbocycles. The molecule has 1 aromatic rings. The molecule has 0 fully saturated rings. The van der Waals surface area contributed by atoms with Gasteiger partial charge in [-0.05, 0) is 80.1 Å². The summed E-state index contributed by atoms with van der Waals surface area (Å²) in [5, 5.41) is 34.9. The van der Waals surface area contributed by atoms with Crippen LogP contribution in [0.15, 0.2) is 93.4 Å². The Morgan fingerprint density at radius 2 is 0.766 bits per heavy atom. The smallest absolute Gasteiger partial charge is 0.267 e. The SMILES string of the molecule is C=CCN1C=CN(C)C1.CC(=O)[O-].CC(=O)[O-].CC(=O)[O-].CCCCN1C=CN(C)C1.CCCC[N+](CCCC)(CCCC)CCCC.CCCCn1cc[n+](C)c1.CCN1C=CN(C)C1.CCN1C=CN(C)C1.CCN1C=CN(C)C1.COP(=O)([O-])OC.O=C[O-].[Cl-].[Cl-]. The van der Waals surface area contributed by atoms with E-state index in [1.54, 1.807) is 0 Å². The van der Waals surface area contributed by atoms with E-state index < -0.39 is 32.2 Å². The molecule has 5 aliphatic heterocycles. The van der Waals surface area contributed by atoms with Crippen molar-refractivity contribution in [3.05, 3.63) is 93.4 Å². The maximum absolute atomic E-state index is 9.95. The Morgan fingerprint density at radius 3 is 0.947 bits per heavy atom. The lowest BCUT2D eigenvalue weighted by Crippen LogP contribution is -3.00. The Bertz CT molecular complexity index is 1970. The number of unbranched alkanes of at least 4 members (excludes halogenated alkanes) is 6. The van der Waals surface area contributed by atoms with E-state index in [0.717, 1.165) is 101 Å². The van der Waals surface area contributed by atoms with Crippen molar-refractivity contribution in [2.75, 3.05) is 142 Å². The maximum Gasteiger partial charge on any atom is 0.267 e. The lowest BCUT2D eigenvalue weighted by atomic mass is 10.1. The lowest BCUT2D eigenvalue weighted by molar-refractivity contribution is -0.929. The first kappa shape index (κ1) is 104. The van der Waals surface area contributed by atoms with Gasteiger partial charge < -0.3 is 132 Å². The van der Waals surface area contributed by atoms with Gasteiger partial charge in [-0.3, -0.25) is 4.57 Å². The van der Waals surface area contributed by atoms with Crippen molar-refractivity contribution in [3.8, 4) is 0 Å². The average molecular weight is 1400 g/mol. The standard InChI is InChI=1S/C16H36N.C8H16N2.C8H15N2.C7H12N2.3C6H12N2.C2H7O4P.3C2H4O2.CH2O2.2ClH/c1-5-9-13-17(14-10-6-2,15-11-7-3)16-12-8-4;2*1-3-4-5-10-7-6-9(2)8-10;1-3-4-9-6-5-8(2)7-9;3*1-3-8-5-4-7(2)6-8;1-5-7(3,4)6-2;3*1-2(3)4;2-1-3;;/h5-16H2,1-4H3;6-7H,3-5,8H2,1-2H3;6-8H,3-5H2,1-2H3;3,5-6H,1,4,7H2,2H3;3*4-5H,3,6H2,1-2H3;1-2H3,(H,3,4);3*1H3,(H,3,4);1H,(H,2,3);2*1H/q+1;;+1;;;;;;;;;;;/p-7. The summed E-state index contributed by atoms with van der Waals surface area (Å²) < 4.78 is 23.4. The number of hydrogen-bond acceptors (Lipinski definition) is 22. The van der Waals surface area contributed by atoms with E-state index in [0.29, 0.717) is 0 Å². The van der Waals surface area contributed by atoms with Crippen molar-refractivity contribution in [2.24, 2.45) is 7.05 Å². The number of phosphoric ester groups is 1. The predicted octanol–water partition coefficient (Wildman–Crippen LogP) is -1.14. The van der Waals surface area contributed by atoms with E-state index in [-0.39, 0.29) is 24.8 Å². The number of aliphatic carboxylic acids is 3. The summed E-state index contributed by atoms with van der Waals surface area (Å²) >= 11 is 0. The van der Waals surface area contributed by atoms with Gasteiger partial charge in [0.05, 0.1) is 73.1 Å². The van der Waals surface area contributed by atoms with Gasteiger partial charge in [0.2, 0.25) is 6.33 Å². The molecule has 1 aromatic heterocycles. The molecule has 556 valence electrons. The number of carboxylic acid groups (broad SMARTS) is 4. The van der Waals surface area contributed by atoms with Gasteiger partial charge in [-0.1, -0.05) is 86.1 Å². The first-order valence-electron chi connectivity index (χ1n) is 32.5. The summed E-state index contributed by atoms with van der Waals surface area (Å²) in [6.07, 6.45) is 45.4. The minimum absolute atomic E-state index is 0. The molecule has 0 aromatic carbocycles. The van der Waals surface area contributed by atoms with E-state index in [1.165, 1.54) is 114 Å². The number of rotatable bonds is 25. The van der Waals surface area contributed by atoms with Gasteiger partial charge in [-0.15, -0.1) is 6.58 Å². The molecule has 0 spiro atoms. The van der Waals surface area contributed by atoms with Crippen molar-refractivity contribution in [3.63, 3.8) is 0 Å². The van der Waals surface area contributed by atoms with E-state index in [4.69, 9.17) is 39.6 Å². The van der Waals surface area contributed by atoms with Crippen LogP contribution in [0.5, 0.6) is 0 Å². The number of hydrogen-bond donors (Lipinski definition) is 0. The summed E-state index contributed by atoms with van der Waals surface area (Å²) in [5.74, 6) is -3.25. The van der Waals surface area contributed by atoms with Crippen molar-refractivity contribution in [1.82, 2.24) is 53.6 Å². The normalized spacial score (nSPS) is 13.2. The third-order valence-electron chi connectivity index (χ3n) is 13.0. The van der Waals surface area contributed by atoms with E-state index in [2.05, 4.69) is 252 Å².